The topological polar surface area (TPSA) is 45.0 Å². The molecule has 3 rings (SSSR count). The Labute approximate surface area is 210 Å². The first-order valence-electron chi connectivity index (χ1n) is 11.6. The highest BCUT2D eigenvalue weighted by Crippen LogP contribution is 2.27. The Morgan fingerprint density at radius 1 is 1.06 bits per heavy atom. The first-order chi connectivity index (χ1) is 16.0. The summed E-state index contributed by atoms with van der Waals surface area (Å²) >= 11 is 9.91. The van der Waals surface area contributed by atoms with Crippen LogP contribution < -0.4 is 10.5 Å². The SMILES string of the molecule is COc1ccc(CN(CCCN2CCN(CCCN)CC2)Cc2c(F)cccc2Cl)cc1Br. The van der Waals surface area contributed by atoms with Crippen LogP contribution in [0, 0.1) is 5.82 Å². The molecule has 0 unspecified atom stereocenters. The van der Waals surface area contributed by atoms with Crippen LogP contribution in [-0.4, -0.2) is 74.2 Å². The number of nitrogens with two attached hydrogens (primary N) is 1. The van der Waals surface area contributed by atoms with Crippen molar-refractivity contribution in [3.8, 4) is 5.75 Å². The third-order valence-electron chi connectivity index (χ3n) is 6.16. The molecule has 5 nitrogen and oxygen atoms in total. The van der Waals surface area contributed by atoms with E-state index in [-0.39, 0.29) is 5.82 Å². The van der Waals surface area contributed by atoms with Gasteiger partial charge >= 0.3 is 0 Å². The molecule has 1 aliphatic heterocycles. The maximum absolute atomic E-state index is 14.5. The van der Waals surface area contributed by atoms with Crippen molar-refractivity contribution < 1.29 is 9.13 Å². The average molecular weight is 542 g/mol. The molecule has 8 heteroatoms. The lowest BCUT2D eigenvalue weighted by Gasteiger charge is -2.35. The molecule has 0 amide bonds. The summed E-state index contributed by atoms with van der Waals surface area (Å²) in [6.07, 6.45) is 2.08. The molecule has 0 aliphatic carbocycles. The van der Waals surface area contributed by atoms with Gasteiger partial charge < -0.3 is 20.3 Å². The summed E-state index contributed by atoms with van der Waals surface area (Å²) in [6.45, 7) is 9.33. The standard InChI is InChI=1S/C25H35BrClFN4O/c1-33-25-8-7-20(17-22(25)26)18-32(19-21-23(27)5-2-6-24(21)28)12-4-11-31-15-13-30(14-16-31)10-3-9-29/h2,5-8,17H,3-4,9-16,18-19,29H2,1H3. The summed E-state index contributed by atoms with van der Waals surface area (Å²) in [5.41, 5.74) is 7.33. The van der Waals surface area contributed by atoms with Gasteiger partial charge in [0.25, 0.3) is 0 Å². The van der Waals surface area contributed by atoms with Crippen LogP contribution >= 0.6 is 27.5 Å². The van der Waals surface area contributed by atoms with Crippen LogP contribution in [0.5, 0.6) is 5.75 Å². The Balaban J connectivity index is 1.59. The molecular formula is C25H35BrClFN4O. The average Bonchev–Trinajstić information content (AvgIpc) is 2.81. The minimum atomic E-state index is -0.253. The van der Waals surface area contributed by atoms with E-state index in [9.17, 15) is 4.39 Å². The molecule has 0 aromatic heterocycles. The van der Waals surface area contributed by atoms with Crippen LogP contribution in [0.3, 0.4) is 0 Å². The molecule has 1 fully saturated rings. The van der Waals surface area contributed by atoms with Gasteiger partial charge in [0.1, 0.15) is 11.6 Å². The molecule has 0 spiro atoms. The van der Waals surface area contributed by atoms with E-state index in [1.807, 2.05) is 6.07 Å². The predicted molar refractivity (Wildman–Crippen MR) is 137 cm³/mol. The van der Waals surface area contributed by atoms with E-state index in [4.69, 9.17) is 22.1 Å². The zero-order valence-electron chi connectivity index (χ0n) is 19.4. The van der Waals surface area contributed by atoms with E-state index in [1.165, 1.54) is 6.07 Å². The van der Waals surface area contributed by atoms with Crippen LogP contribution in [0.2, 0.25) is 5.02 Å². The van der Waals surface area contributed by atoms with Gasteiger partial charge in [0.2, 0.25) is 0 Å². The van der Waals surface area contributed by atoms with Gasteiger partial charge in [-0.1, -0.05) is 23.7 Å². The Morgan fingerprint density at radius 2 is 1.76 bits per heavy atom. The van der Waals surface area contributed by atoms with Crippen LogP contribution in [0.4, 0.5) is 4.39 Å². The molecule has 33 heavy (non-hydrogen) atoms. The summed E-state index contributed by atoms with van der Waals surface area (Å²) in [4.78, 5) is 7.30. The van der Waals surface area contributed by atoms with Crippen molar-refractivity contribution in [1.82, 2.24) is 14.7 Å². The lowest BCUT2D eigenvalue weighted by atomic mass is 10.1. The zero-order valence-corrected chi connectivity index (χ0v) is 21.8. The van der Waals surface area contributed by atoms with Gasteiger partial charge in [0.05, 0.1) is 11.6 Å². The number of rotatable bonds is 12. The first-order valence-corrected chi connectivity index (χ1v) is 12.8. The molecule has 1 heterocycles. The fourth-order valence-corrected chi connectivity index (χ4v) is 5.07. The normalized spacial score (nSPS) is 15.3. The molecular weight excluding hydrogens is 507 g/mol. The van der Waals surface area contributed by atoms with Gasteiger partial charge in [-0.05, 0) is 78.2 Å². The quantitative estimate of drug-likeness (QED) is 0.425. The first kappa shape index (κ1) is 26.4. The highest BCUT2D eigenvalue weighted by molar-refractivity contribution is 9.10. The molecule has 0 bridgehead atoms. The zero-order chi connectivity index (χ0) is 23.6. The lowest BCUT2D eigenvalue weighted by Crippen LogP contribution is -2.47. The van der Waals surface area contributed by atoms with Gasteiger partial charge in [-0.2, -0.15) is 0 Å². The molecule has 0 radical (unpaired) electrons. The maximum Gasteiger partial charge on any atom is 0.133 e. The van der Waals surface area contributed by atoms with E-state index < -0.39 is 0 Å². The fraction of sp³-hybridized carbons (Fsp3) is 0.520. The minimum Gasteiger partial charge on any atom is -0.496 e. The molecule has 2 aromatic carbocycles. The van der Waals surface area contributed by atoms with Crippen molar-refractivity contribution in [2.75, 3.05) is 59.5 Å². The number of hydrogen-bond donors (Lipinski definition) is 1. The van der Waals surface area contributed by atoms with Gasteiger partial charge in [-0.25, -0.2) is 4.39 Å². The number of halogens is 3. The Kier molecular flexibility index (Phi) is 10.9. The van der Waals surface area contributed by atoms with Gasteiger partial charge in [0, 0.05) is 56.4 Å². The van der Waals surface area contributed by atoms with Crippen molar-refractivity contribution in [3.05, 3.63) is 62.8 Å². The smallest absolute Gasteiger partial charge is 0.133 e. The summed E-state index contributed by atoms with van der Waals surface area (Å²) < 4.78 is 20.8. The van der Waals surface area contributed by atoms with E-state index in [2.05, 4.69) is 42.8 Å². The Hall–Kier alpha value is -1.22. The van der Waals surface area contributed by atoms with E-state index in [0.717, 1.165) is 81.0 Å². The van der Waals surface area contributed by atoms with Crippen molar-refractivity contribution >= 4 is 27.5 Å². The summed E-state index contributed by atoms with van der Waals surface area (Å²) in [7, 11) is 1.66. The Bertz CT molecular complexity index is 859. The van der Waals surface area contributed by atoms with Crippen LogP contribution in [0.1, 0.15) is 24.0 Å². The Morgan fingerprint density at radius 3 is 2.36 bits per heavy atom. The van der Waals surface area contributed by atoms with Crippen molar-refractivity contribution in [2.24, 2.45) is 5.73 Å². The minimum absolute atomic E-state index is 0.253. The molecule has 1 saturated heterocycles. The number of piperazine rings is 1. The van der Waals surface area contributed by atoms with Crippen molar-refractivity contribution in [3.63, 3.8) is 0 Å². The second-order valence-corrected chi connectivity index (χ2v) is 9.82. The third-order valence-corrected chi connectivity index (χ3v) is 7.13. The summed E-state index contributed by atoms with van der Waals surface area (Å²) in [6, 6.07) is 11.0. The summed E-state index contributed by atoms with van der Waals surface area (Å²) in [5.74, 6) is 0.546. The molecule has 0 saturated carbocycles. The van der Waals surface area contributed by atoms with Crippen LogP contribution in [-0.2, 0) is 13.1 Å². The molecule has 0 atom stereocenters. The molecule has 2 N–H and O–H groups in total. The van der Waals surface area contributed by atoms with Gasteiger partial charge in [0.15, 0.2) is 0 Å². The van der Waals surface area contributed by atoms with Crippen LogP contribution in [0.25, 0.3) is 0 Å². The van der Waals surface area contributed by atoms with Crippen LogP contribution in [0.15, 0.2) is 40.9 Å². The van der Waals surface area contributed by atoms with Gasteiger partial charge in [-0.3, -0.25) is 4.90 Å². The molecule has 1 aliphatic rings. The molecule has 2 aromatic rings. The predicted octanol–water partition coefficient (Wildman–Crippen LogP) is 4.61. The number of methoxy groups -OCH3 is 1. The van der Waals surface area contributed by atoms with Crippen molar-refractivity contribution in [1.29, 1.82) is 0 Å². The largest absolute Gasteiger partial charge is 0.496 e. The van der Waals surface area contributed by atoms with Crippen molar-refractivity contribution in [2.45, 2.75) is 25.9 Å². The fourth-order valence-electron chi connectivity index (χ4n) is 4.26. The summed E-state index contributed by atoms with van der Waals surface area (Å²) in [5, 5.41) is 0.476. The third kappa shape index (κ3) is 8.19. The lowest BCUT2D eigenvalue weighted by molar-refractivity contribution is 0.125. The van der Waals surface area contributed by atoms with Gasteiger partial charge in [-0.15, -0.1) is 0 Å². The second-order valence-electron chi connectivity index (χ2n) is 8.56. The van der Waals surface area contributed by atoms with E-state index in [1.54, 1.807) is 19.2 Å². The second kappa shape index (κ2) is 13.6. The van der Waals surface area contributed by atoms with E-state index in [0.29, 0.717) is 23.7 Å². The maximum atomic E-state index is 14.5. The monoisotopic (exact) mass is 540 g/mol. The molecule has 182 valence electrons. The highest BCUT2D eigenvalue weighted by atomic mass is 79.9. The number of ether oxygens (including phenoxy) is 1. The number of benzene rings is 2. The number of hydrogen-bond acceptors (Lipinski definition) is 5. The van der Waals surface area contributed by atoms with E-state index >= 15 is 0 Å². The number of nitrogens with zero attached hydrogens (tertiary/aromatic N) is 3. The highest BCUT2D eigenvalue weighted by Gasteiger charge is 2.18.